The van der Waals surface area contributed by atoms with Crippen LogP contribution in [0.5, 0.6) is 0 Å². The topological polar surface area (TPSA) is 90.0 Å². The van der Waals surface area contributed by atoms with Crippen LogP contribution in [0.4, 0.5) is 0 Å². The normalized spacial score (nSPS) is 12.0. The van der Waals surface area contributed by atoms with Gasteiger partial charge in [-0.15, -0.1) is 11.3 Å². The van der Waals surface area contributed by atoms with Gasteiger partial charge in [-0.1, -0.05) is 0 Å². The predicted octanol–water partition coefficient (Wildman–Crippen LogP) is 1.04. The Hall–Kier alpha value is -1.22. The molecule has 0 radical (unpaired) electrons. The van der Waals surface area contributed by atoms with E-state index in [-0.39, 0.29) is 6.54 Å². The van der Waals surface area contributed by atoms with Crippen LogP contribution in [-0.4, -0.2) is 18.2 Å². The lowest BCUT2D eigenvalue weighted by Crippen LogP contribution is -2.22. The van der Waals surface area contributed by atoms with Crippen molar-refractivity contribution in [3.63, 3.8) is 0 Å². The zero-order valence-electron chi connectivity index (χ0n) is 11.7. The van der Waals surface area contributed by atoms with E-state index >= 15 is 0 Å². The molecule has 0 saturated carbocycles. The Labute approximate surface area is 122 Å². The molecule has 0 spiro atoms. The molecular formula is C12H18N4O2S2. The van der Waals surface area contributed by atoms with Gasteiger partial charge in [0, 0.05) is 36.8 Å². The van der Waals surface area contributed by atoms with Crippen LogP contribution in [0.25, 0.3) is 0 Å². The van der Waals surface area contributed by atoms with Crippen molar-refractivity contribution in [3.8, 4) is 0 Å². The number of nitrogens with two attached hydrogens (primary N) is 1. The summed E-state index contributed by atoms with van der Waals surface area (Å²) < 4.78 is 29.0. The zero-order valence-corrected chi connectivity index (χ0v) is 13.3. The first-order chi connectivity index (χ1) is 9.33. The number of hydrogen-bond acceptors (Lipinski definition) is 5. The SMILES string of the molecule is Cc1cc(S(=O)(=O)NCc2cn(C)nc2C)sc1CN. The fourth-order valence-electron chi connectivity index (χ4n) is 1.89. The third-order valence-corrected chi connectivity index (χ3v) is 6.15. The Morgan fingerprint density at radius 3 is 2.65 bits per heavy atom. The zero-order chi connectivity index (χ0) is 14.9. The maximum atomic E-state index is 12.2. The van der Waals surface area contributed by atoms with Crippen LogP contribution in [0.1, 0.15) is 21.7 Å². The van der Waals surface area contributed by atoms with E-state index in [1.165, 1.54) is 11.3 Å². The number of nitrogens with zero attached hydrogens (tertiary/aromatic N) is 2. The van der Waals surface area contributed by atoms with Crippen LogP contribution >= 0.6 is 11.3 Å². The van der Waals surface area contributed by atoms with Crippen molar-refractivity contribution in [2.45, 2.75) is 31.1 Å². The first-order valence-corrected chi connectivity index (χ1v) is 8.41. The molecule has 0 amide bonds. The number of nitrogens with one attached hydrogen (secondary N) is 1. The fraction of sp³-hybridized carbons (Fsp3) is 0.417. The summed E-state index contributed by atoms with van der Waals surface area (Å²) in [4.78, 5) is 0.892. The predicted molar refractivity (Wildman–Crippen MR) is 78.9 cm³/mol. The Morgan fingerprint density at radius 2 is 2.15 bits per heavy atom. The smallest absolute Gasteiger partial charge is 0.250 e. The molecule has 6 nitrogen and oxygen atoms in total. The number of sulfonamides is 1. The summed E-state index contributed by atoms with van der Waals surface area (Å²) in [5, 5.41) is 4.18. The Balaban J connectivity index is 2.16. The van der Waals surface area contributed by atoms with Gasteiger partial charge in [-0.2, -0.15) is 5.10 Å². The monoisotopic (exact) mass is 314 g/mol. The summed E-state index contributed by atoms with van der Waals surface area (Å²) in [6.45, 7) is 4.30. The standard InChI is InChI=1S/C12H18N4O2S2/c1-8-4-12(19-11(8)5-13)20(17,18)14-6-10-7-16(3)15-9(10)2/h4,7,14H,5-6,13H2,1-3H3. The molecule has 0 fully saturated rings. The van der Waals surface area contributed by atoms with Crippen LogP contribution < -0.4 is 10.5 Å². The second-order valence-corrected chi connectivity index (χ2v) is 7.74. The quantitative estimate of drug-likeness (QED) is 0.862. The maximum Gasteiger partial charge on any atom is 0.250 e. The Kier molecular flexibility index (Phi) is 4.28. The summed E-state index contributed by atoms with van der Waals surface area (Å²) in [7, 11) is -1.70. The average Bonchev–Trinajstić information content (AvgIpc) is 2.90. The van der Waals surface area contributed by atoms with Crippen LogP contribution in [0.15, 0.2) is 16.5 Å². The number of thiophene rings is 1. The number of aryl methyl sites for hydroxylation is 3. The minimum atomic E-state index is -3.50. The van der Waals surface area contributed by atoms with Crippen LogP contribution in [-0.2, 0) is 30.2 Å². The largest absolute Gasteiger partial charge is 0.326 e. The molecule has 3 N–H and O–H groups in total. The van der Waals surface area contributed by atoms with Gasteiger partial charge in [0.1, 0.15) is 4.21 Å². The van der Waals surface area contributed by atoms with E-state index in [2.05, 4.69) is 9.82 Å². The third kappa shape index (κ3) is 3.09. The second kappa shape index (κ2) is 5.65. The van der Waals surface area contributed by atoms with Crippen molar-refractivity contribution in [2.24, 2.45) is 12.8 Å². The molecule has 20 heavy (non-hydrogen) atoms. The first kappa shape index (κ1) is 15.2. The van der Waals surface area contributed by atoms with Crippen molar-refractivity contribution in [1.29, 1.82) is 0 Å². The molecule has 0 unspecified atom stereocenters. The number of hydrogen-bond donors (Lipinski definition) is 2. The van der Waals surface area contributed by atoms with Gasteiger partial charge in [0.25, 0.3) is 0 Å². The second-order valence-electron chi connectivity index (χ2n) is 4.61. The van der Waals surface area contributed by atoms with E-state index in [9.17, 15) is 8.42 Å². The average molecular weight is 314 g/mol. The van der Waals surface area contributed by atoms with Crippen LogP contribution in [0.3, 0.4) is 0 Å². The molecule has 8 heteroatoms. The summed E-state index contributed by atoms with van der Waals surface area (Å²) in [6.07, 6.45) is 1.81. The molecule has 0 saturated heterocycles. The highest BCUT2D eigenvalue weighted by atomic mass is 32.2. The molecule has 2 aromatic heterocycles. The molecule has 0 aliphatic heterocycles. The molecule has 2 rings (SSSR count). The van der Waals surface area contributed by atoms with E-state index in [0.717, 1.165) is 21.7 Å². The van der Waals surface area contributed by atoms with E-state index in [0.29, 0.717) is 10.8 Å². The van der Waals surface area contributed by atoms with Crippen molar-refractivity contribution in [3.05, 3.63) is 34.0 Å². The highest BCUT2D eigenvalue weighted by molar-refractivity contribution is 7.91. The minimum absolute atomic E-state index is 0.233. The lowest BCUT2D eigenvalue weighted by Gasteiger charge is -2.03. The molecule has 0 aliphatic rings. The van der Waals surface area contributed by atoms with E-state index in [4.69, 9.17) is 5.73 Å². The van der Waals surface area contributed by atoms with Gasteiger partial charge in [0.2, 0.25) is 10.0 Å². The molecule has 0 atom stereocenters. The van der Waals surface area contributed by atoms with Crippen molar-refractivity contribution < 1.29 is 8.42 Å². The molecule has 2 heterocycles. The van der Waals surface area contributed by atoms with Gasteiger partial charge >= 0.3 is 0 Å². The fourth-order valence-corrected chi connectivity index (χ4v) is 4.41. The molecule has 110 valence electrons. The van der Waals surface area contributed by atoms with Gasteiger partial charge < -0.3 is 5.73 Å². The highest BCUT2D eigenvalue weighted by Crippen LogP contribution is 2.25. The van der Waals surface area contributed by atoms with Gasteiger partial charge in [0.05, 0.1) is 5.69 Å². The first-order valence-electron chi connectivity index (χ1n) is 6.11. The molecule has 2 aromatic rings. The number of rotatable bonds is 5. The lowest BCUT2D eigenvalue weighted by atomic mass is 10.3. The molecule has 0 aliphatic carbocycles. The van der Waals surface area contributed by atoms with Gasteiger partial charge in [-0.05, 0) is 25.5 Å². The Bertz CT molecular complexity index is 716. The third-order valence-electron chi connectivity index (χ3n) is 3.02. The van der Waals surface area contributed by atoms with Crippen LogP contribution in [0, 0.1) is 13.8 Å². The maximum absolute atomic E-state index is 12.2. The summed E-state index contributed by atoms with van der Waals surface area (Å²) in [5.41, 5.74) is 8.18. The number of aromatic nitrogens is 2. The van der Waals surface area contributed by atoms with Crippen LogP contribution in [0.2, 0.25) is 0 Å². The Morgan fingerprint density at radius 1 is 1.45 bits per heavy atom. The molecular weight excluding hydrogens is 296 g/mol. The minimum Gasteiger partial charge on any atom is -0.326 e. The van der Waals surface area contributed by atoms with Gasteiger partial charge in [0.15, 0.2) is 0 Å². The van der Waals surface area contributed by atoms with Gasteiger partial charge in [-0.25, -0.2) is 13.1 Å². The van der Waals surface area contributed by atoms with Gasteiger partial charge in [-0.3, -0.25) is 4.68 Å². The van der Waals surface area contributed by atoms with Crippen molar-refractivity contribution in [2.75, 3.05) is 0 Å². The summed E-state index contributed by atoms with van der Waals surface area (Å²) in [6, 6.07) is 1.66. The molecule has 0 aromatic carbocycles. The lowest BCUT2D eigenvalue weighted by molar-refractivity contribution is 0.583. The summed E-state index contributed by atoms with van der Waals surface area (Å²) in [5.74, 6) is 0. The van der Waals surface area contributed by atoms with Crippen molar-refractivity contribution >= 4 is 21.4 Å². The van der Waals surface area contributed by atoms with E-state index in [1.54, 1.807) is 17.8 Å². The molecule has 0 bridgehead atoms. The van der Waals surface area contributed by atoms with E-state index in [1.807, 2.05) is 20.0 Å². The highest BCUT2D eigenvalue weighted by Gasteiger charge is 2.19. The van der Waals surface area contributed by atoms with Crippen molar-refractivity contribution in [1.82, 2.24) is 14.5 Å². The summed E-state index contributed by atoms with van der Waals surface area (Å²) >= 11 is 1.21. The van der Waals surface area contributed by atoms with E-state index < -0.39 is 10.0 Å².